The van der Waals surface area contributed by atoms with Crippen molar-refractivity contribution in [2.24, 2.45) is 5.92 Å². The van der Waals surface area contributed by atoms with Crippen molar-refractivity contribution >= 4 is 11.8 Å². The number of amides is 2. The van der Waals surface area contributed by atoms with Crippen LogP contribution in [-0.2, 0) is 25.5 Å². The van der Waals surface area contributed by atoms with Crippen LogP contribution >= 0.6 is 0 Å². The zero-order valence-corrected chi connectivity index (χ0v) is 17.0. The van der Waals surface area contributed by atoms with Crippen LogP contribution in [0.25, 0.3) is 11.6 Å². The minimum Gasteiger partial charge on any atom is -0.461 e. The highest BCUT2D eigenvalue weighted by Crippen LogP contribution is 2.22. The smallest absolute Gasteiger partial charge is 0.238 e. The molecule has 0 saturated carbocycles. The first-order valence-corrected chi connectivity index (χ1v) is 10.1. The quantitative estimate of drug-likeness (QED) is 0.654. The van der Waals surface area contributed by atoms with Crippen LogP contribution in [0.4, 0.5) is 0 Å². The molecule has 0 N–H and O–H groups in total. The molecule has 2 aliphatic heterocycles. The average Bonchev–Trinajstić information content (AvgIpc) is 3.34. The molecular weight excluding hydrogens is 392 g/mol. The monoisotopic (exact) mass is 418 g/mol. The molecule has 2 atom stereocenters. The molecule has 30 heavy (non-hydrogen) atoms. The van der Waals surface area contributed by atoms with E-state index in [1.165, 1.54) is 6.26 Å². The van der Waals surface area contributed by atoms with E-state index >= 15 is 0 Å². The predicted molar refractivity (Wildman–Crippen MR) is 103 cm³/mol. The van der Waals surface area contributed by atoms with Gasteiger partial charge in [-0.3, -0.25) is 9.59 Å². The van der Waals surface area contributed by atoms with Crippen molar-refractivity contribution in [3.8, 4) is 11.6 Å². The summed E-state index contributed by atoms with van der Waals surface area (Å²) >= 11 is 0. The Hall–Kier alpha value is -2.72. The van der Waals surface area contributed by atoms with Crippen molar-refractivity contribution in [3.63, 3.8) is 0 Å². The molecule has 4 rings (SSSR count). The summed E-state index contributed by atoms with van der Waals surface area (Å²) in [7, 11) is 1.58. The van der Waals surface area contributed by atoms with Crippen LogP contribution in [0, 0.1) is 5.92 Å². The number of rotatable bonds is 7. The van der Waals surface area contributed by atoms with Gasteiger partial charge >= 0.3 is 0 Å². The van der Waals surface area contributed by atoms with Crippen LogP contribution in [0.15, 0.2) is 27.3 Å². The van der Waals surface area contributed by atoms with E-state index in [1.807, 2.05) is 9.80 Å². The van der Waals surface area contributed by atoms with Crippen molar-refractivity contribution in [1.29, 1.82) is 0 Å². The molecule has 0 aliphatic carbocycles. The zero-order chi connectivity index (χ0) is 20.9. The SMILES string of the molecule is COCCC(=O)N1C[C@@H]2COC[C@H](C1)N(C(=O)CCc1nc(-c3ccco3)no1)C2. The molecule has 4 heterocycles. The zero-order valence-electron chi connectivity index (χ0n) is 17.0. The Morgan fingerprint density at radius 3 is 2.90 bits per heavy atom. The molecule has 10 nitrogen and oxygen atoms in total. The third kappa shape index (κ3) is 4.71. The summed E-state index contributed by atoms with van der Waals surface area (Å²) in [6.45, 7) is 3.03. The van der Waals surface area contributed by atoms with Crippen LogP contribution in [0.1, 0.15) is 18.7 Å². The van der Waals surface area contributed by atoms with Crippen LogP contribution in [0.5, 0.6) is 0 Å². The first kappa shape index (κ1) is 20.5. The number of fused-ring (bicyclic) bond motifs is 3. The Morgan fingerprint density at radius 2 is 2.10 bits per heavy atom. The van der Waals surface area contributed by atoms with E-state index in [-0.39, 0.29) is 30.2 Å². The molecule has 0 aromatic carbocycles. The molecule has 10 heteroatoms. The van der Waals surface area contributed by atoms with E-state index in [2.05, 4.69) is 10.1 Å². The van der Waals surface area contributed by atoms with E-state index in [1.54, 1.807) is 19.2 Å². The second-order valence-electron chi connectivity index (χ2n) is 7.63. The van der Waals surface area contributed by atoms with Crippen molar-refractivity contribution in [3.05, 3.63) is 24.3 Å². The van der Waals surface area contributed by atoms with E-state index in [9.17, 15) is 9.59 Å². The van der Waals surface area contributed by atoms with Gasteiger partial charge in [-0.15, -0.1) is 0 Å². The largest absolute Gasteiger partial charge is 0.461 e. The van der Waals surface area contributed by atoms with Gasteiger partial charge in [0.15, 0.2) is 5.76 Å². The lowest BCUT2D eigenvalue weighted by molar-refractivity contribution is -0.137. The maximum absolute atomic E-state index is 13.0. The lowest BCUT2D eigenvalue weighted by Crippen LogP contribution is -2.48. The summed E-state index contributed by atoms with van der Waals surface area (Å²) in [6, 6.07) is 3.34. The summed E-state index contributed by atoms with van der Waals surface area (Å²) in [5.41, 5.74) is 0. The molecule has 2 aromatic heterocycles. The molecule has 2 bridgehead atoms. The van der Waals surface area contributed by atoms with E-state index in [0.29, 0.717) is 69.8 Å². The number of hydrogen-bond donors (Lipinski definition) is 0. The number of hydrogen-bond acceptors (Lipinski definition) is 8. The minimum absolute atomic E-state index is 0.000519. The van der Waals surface area contributed by atoms with Crippen molar-refractivity contribution in [2.45, 2.75) is 25.3 Å². The molecule has 2 fully saturated rings. The summed E-state index contributed by atoms with van der Waals surface area (Å²) in [5.74, 6) is 1.43. The number of aryl methyl sites for hydroxylation is 1. The van der Waals surface area contributed by atoms with Gasteiger partial charge in [0, 0.05) is 45.5 Å². The fraction of sp³-hybridized carbons (Fsp3) is 0.600. The Balaban J connectivity index is 1.37. The van der Waals surface area contributed by atoms with Gasteiger partial charge in [0.1, 0.15) is 0 Å². The Bertz CT molecular complexity index is 851. The average molecular weight is 418 g/mol. The van der Waals surface area contributed by atoms with Crippen molar-refractivity contribution in [1.82, 2.24) is 19.9 Å². The number of carbonyl (C=O) groups excluding carboxylic acids is 2. The second-order valence-corrected chi connectivity index (χ2v) is 7.63. The summed E-state index contributed by atoms with van der Waals surface area (Å²) in [5, 5.41) is 3.89. The molecule has 162 valence electrons. The predicted octanol–water partition coefficient (Wildman–Crippen LogP) is 0.985. The highest BCUT2D eigenvalue weighted by atomic mass is 16.5. The van der Waals surface area contributed by atoms with Gasteiger partial charge in [0.2, 0.25) is 23.5 Å². The Morgan fingerprint density at radius 1 is 1.20 bits per heavy atom. The Labute approximate surface area is 174 Å². The number of furan rings is 1. The third-order valence-corrected chi connectivity index (χ3v) is 5.42. The lowest BCUT2D eigenvalue weighted by atomic mass is 10.1. The van der Waals surface area contributed by atoms with Crippen molar-refractivity contribution < 1.29 is 28.0 Å². The lowest BCUT2D eigenvalue weighted by Gasteiger charge is -2.31. The number of aromatic nitrogens is 2. The molecular formula is C20H26N4O6. The van der Waals surface area contributed by atoms with Gasteiger partial charge in [-0.25, -0.2) is 0 Å². The highest BCUT2D eigenvalue weighted by Gasteiger charge is 2.37. The maximum Gasteiger partial charge on any atom is 0.238 e. The van der Waals surface area contributed by atoms with E-state index < -0.39 is 0 Å². The highest BCUT2D eigenvalue weighted by molar-refractivity contribution is 5.78. The summed E-state index contributed by atoms with van der Waals surface area (Å²) < 4.78 is 21.3. The molecule has 0 unspecified atom stereocenters. The van der Waals surface area contributed by atoms with E-state index in [0.717, 1.165) is 0 Å². The van der Waals surface area contributed by atoms with Gasteiger partial charge < -0.3 is 28.2 Å². The standard InChI is InChI=1S/C20H26N4O6/c1-27-8-6-18(25)23-9-14-10-24(15(11-23)13-28-12-14)19(26)5-4-17-21-20(22-30-17)16-3-2-7-29-16/h2-3,7,14-15H,4-6,8-13H2,1H3/t14-,15-/m0/s1. The van der Waals surface area contributed by atoms with E-state index in [4.69, 9.17) is 18.4 Å². The Kier molecular flexibility index (Phi) is 6.44. The molecule has 0 radical (unpaired) electrons. The summed E-state index contributed by atoms with van der Waals surface area (Å²) in [4.78, 5) is 33.5. The minimum atomic E-state index is -0.155. The van der Waals surface area contributed by atoms with Crippen molar-refractivity contribution in [2.75, 3.05) is 46.6 Å². The number of ether oxygens (including phenoxy) is 2. The molecule has 2 aliphatic rings. The fourth-order valence-corrected chi connectivity index (χ4v) is 3.92. The molecule has 2 saturated heterocycles. The first-order chi connectivity index (χ1) is 14.6. The number of methoxy groups -OCH3 is 1. The van der Waals surface area contributed by atoms with Gasteiger partial charge in [-0.1, -0.05) is 5.16 Å². The van der Waals surface area contributed by atoms with Crippen LogP contribution < -0.4 is 0 Å². The molecule has 0 spiro atoms. The second kappa shape index (κ2) is 9.40. The third-order valence-electron chi connectivity index (χ3n) is 5.42. The van der Waals surface area contributed by atoms with Gasteiger partial charge in [0.25, 0.3) is 0 Å². The van der Waals surface area contributed by atoms with Gasteiger partial charge in [-0.05, 0) is 12.1 Å². The van der Waals surface area contributed by atoms with Gasteiger partial charge in [-0.2, -0.15) is 4.98 Å². The first-order valence-electron chi connectivity index (χ1n) is 10.1. The van der Waals surface area contributed by atoms with Gasteiger partial charge in [0.05, 0.1) is 38.5 Å². The van der Waals surface area contributed by atoms with Crippen LogP contribution in [0.2, 0.25) is 0 Å². The molecule has 2 amide bonds. The topological polar surface area (TPSA) is 111 Å². The van der Waals surface area contributed by atoms with Crippen LogP contribution in [-0.4, -0.2) is 84.4 Å². The summed E-state index contributed by atoms with van der Waals surface area (Å²) in [6.07, 6.45) is 2.48. The van der Waals surface area contributed by atoms with Crippen LogP contribution in [0.3, 0.4) is 0 Å². The fourth-order valence-electron chi connectivity index (χ4n) is 3.92. The number of carbonyl (C=O) groups is 2. The molecule has 2 aromatic rings. The maximum atomic E-state index is 13.0. The normalized spacial score (nSPS) is 21.5. The number of nitrogens with zero attached hydrogens (tertiary/aromatic N) is 4.